The number of aryl methyl sites for hydroxylation is 1. The maximum Gasteiger partial charge on any atom is 0.269 e. The highest BCUT2D eigenvalue weighted by molar-refractivity contribution is 7.99. The first kappa shape index (κ1) is 17.7. The molecule has 0 saturated carbocycles. The van der Waals surface area contributed by atoms with E-state index in [0.29, 0.717) is 10.9 Å². The van der Waals surface area contributed by atoms with E-state index in [1.165, 1.54) is 23.9 Å². The van der Waals surface area contributed by atoms with E-state index in [9.17, 15) is 13.2 Å². The first-order chi connectivity index (χ1) is 13.0. The number of hydrogen-bond acceptors (Lipinski definition) is 6. The van der Waals surface area contributed by atoms with Crippen molar-refractivity contribution in [3.8, 4) is 5.69 Å². The average Bonchev–Trinajstić information content (AvgIpc) is 3.19. The molecular formula is C18H16N4O3S2. The summed E-state index contributed by atoms with van der Waals surface area (Å²) in [5.74, 6) is -0.102. The van der Waals surface area contributed by atoms with Gasteiger partial charge in [0.1, 0.15) is 11.2 Å². The number of benzene rings is 2. The third-order valence-electron chi connectivity index (χ3n) is 4.33. The Morgan fingerprint density at radius 1 is 1.07 bits per heavy atom. The van der Waals surface area contributed by atoms with Gasteiger partial charge in [-0.1, -0.05) is 42.1 Å². The van der Waals surface area contributed by atoms with Gasteiger partial charge in [-0.25, -0.2) is 12.7 Å². The van der Waals surface area contributed by atoms with E-state index in [-0.39, 0.29) is 17.0 Å². The standard InChI is InChI=1S/C18H16N4O3S2/c1-13-6-2-4-8-15(13)21-12-19-20-18(21)26-11-10-22-17(23)14-7-3-5-9-16(14)27(22,24)25/h2-9,12H,10-11H2,1H3. The number of carbonyl (C=O) groups is 1. The number of carbonyl (C=O) groups excluding carboxylic acids is 1. The van der Waals surface area contributed by atoms with E-state index in [1.807, 2.05) is 35.8 Å². The minimum atomic E-state index is -3.78. The molecule has 4 rings (SSSR count). The molecule has 1 amide bonds. The van der Waals surface area contributed by atoms with E-state index >= 15 is 0 Å². The summed E-state index contributed by atoms with van der Waals surface area (Å²) in [6.07, 6.45) is 1.62. The minimum Gasteiger partial charge on any atom is -0.276 e. The second kappa shape index (κ2) is 6.82. The van der Waals surface area contributed by atoms with E-state index < -0.39 is 15.9 Å². The molecule has 0 bridgehead atoms. The van der Waals surface area contributed by atoms with E-state index in [1.54, 1.807) is 18.5 Å². The van der Waals surface area contributed by atoms with Gasteiger partial charge in [-0.2, -0.15) is 0 Å². The van der Waals surface area contributed by atoms with Crippen LogP contribution in [0.2, 0.25) is 0 Å². The summed E-state index contributed by atoms with van der Waals surface area (Å²) in [6, 6.07) is 14.1. The summed E-state index contributed by atoms with van der Waals surface area (Å²) in [5, 5.41) is 8.72. The lowest BCUT2D eigenvalue weighted by Crippen LogP contribution is -2.32. The number of thioether (sulfide) groups is 1. The van der Waals surface area contributed by atoms with Crippen LogP contribution >= 0.6 is 11.8 Å². The van der Waals surface area contributed by atoms with Gasteiger partial charge in [0.2, 0.25) is 0 Å². The zero-order valence-electron chi connectivity index (χ0n) is 14.4. The van der Waals surface area contributed by atoms with Crippen LogP contribution in [0.3, 0.4) is 0 Å². The van der Waals surface area contributed by atoms with Crippen LogP contribution in [0.4, 0.5) is 0 Å². The van der Waals surface area contributed by atoms with Crippen molar-refractivity contribution in [2.24, 2.45) is 0 Å². The third kappa shape index (κ3) is 3.02. The number of hydrogen-bond donors (Lipinski definition) is 0. The number of nitrogens with zero attached hydrogens (tertiary/aromatic N) is 4. The van der Waals surface area contributed by atoms with Crippen LogP contribution in [0.5, 0.6) is 0 Å². The minimum absolute atomic E-state index is 0.0706. The number of amides is 1. The monoisotopic (exact) mass is 400 g/mol. The molecule has 0 spiro atoms. The number of fused-ring (bicyclic) bond motifs is 1. The van der Waals surface area contributed by atoms with Crippen molar-refractivity contribution >= 4 is 27.7 Å². The van der Waals surface area contributed by atoms with Gasteiger partial charge >= 0.3 is 0 Å². The fourth-order valence-corrected chi connectivity index (χ4v) is 5.52. The molecule has 138 valence electrons. The van der Waals surface area contributed by atoms with Crippen molar-refractivity contribution in [1.82, 2.24) is 19.1 Å². The number of sulfonamides is 1. The van der Waals surface area contributed by atoms with Crippen molar-refractivity contribution in [3.63, 3.8) is 0 Å². The normalized spacial score (nSPS) is 15.1. The van der Waals surface area contributed by atoms with Crippen LogP contribution in [-0.2, 0) is 10.0 Å². The Bertz CT molecular complexity index is 1120. The van der Waals surface area contributed by atoms with Gasteiger partial charge in [-0.05, 0) is 30.7 Å². The molecule has 3 aromatic rings. The summed E-state index contributed by atoms with van der Waals surface area (Å²) >= 11 is 1.36. The lowest BCUT2D eigenvalue weighted by molar-refractivity contribution is 0.0876. The molecule has 9 heteroatoms. The van der Waals surface area contributed by atoms with Gasteiger partial charge in [-0.3, -0.25) is 9.36 Å². The highest BCUT2D eigenvalue weighted by Gasteiger charge is 2.40. The number of rotatable bonds is 5. The average molecular weight is 400 g/mol. The van der Waals surface area contributed by atoms with E-state index in [2.05, 4.69) is 10.2 Å². The van der Waals surface area contributed by atoms with Crippen molar-refractivity contribution in [1.29, 1.82) is 0 Å². The summed E-state index contributed by atoms with van der Waals surface area (Å²) in [4.78, 5) is 12.5. The van der Waals surface area contributed by atoms with E-state index in [4.69, 9.17) is 0 Å². The lowest BCUT2D eigenvalue weighted by atomic mass is 10.2. The Morgan fingerprint density at radius 3 is 2.59 bits per heavy atom. The van der Waals surface area contributed by atoms with Crippen molar-refractivity contribution in [3.05, 3.63) is 66.0 Å². The Balaban J connectivity index is 1.50. The molecule has 1 aliphatic heterocycles. The smallest absolute Gasteiger partial charge is 0.269 e. The highest BCUT2D eigenvalue weighted by atomic mass is 32.2. The number of aromatic nitrogens is 3. The Labute approximate surface area is 161 Å². The summed E-state index contributed by atoms with van der Waals surface area (Å²) in [5.41, 5.74) is 2.26. The van der Waals surface area contributed by atoms with Gasteiger partial charge in [0, 0.05) is 12.3 Å². The molecule has 2 aromatic carbocycles. The van der Waals surface area contributed by atoms with Crippen LogP contribution < -0.4 is 0 Å². The van der Waals surface area contributed by atoms with Gasteiger partial charge in [0.05, 0.1) is 11.3 Å². The Hall–Kier alpha value is -2.65. The van der Waals surface area contributed by atoms with Gasteiger partial charge in [0.25, 0.3) is 15.9 Å². The summed E-state index contributed by atoms with van der Waals surface area (Å²) in [7, 11) is -3.78. The quantitative estimate of drug-likeness (QED) is 0.612. The summed E-state index contributed by atoms with van der Waals surface area (Å²) < 4.78 is 28.0. The molecule has 2 heterocycles. The molecule has 7 nitrogen and oxygen atoms in total. The second-order valence-electron chi connectivity index (χ2n) is 6.00. The van der Waals surface area contributed by atoms with Gasteiger partial charge < -0.3 is 0 Å². The van der Waals surface area contributed by atoms with Crippen molar-refractivity contribution < 1.29 is 13.2 Å². The predicted octanol–water partition coefficient (Wildman–Crippen LogP) is 2.51. The molecule has 0 radical (unpaired) electrons. The molecular weight excluding hydrogens is 384 g/mol. The van der Waals surface area contributed by atoms with Crippen LogP contribution in [0.1, 0.15) is 15.9 Å². The third-order valence-corrected chi connectivity index (χ3v) is 7.09. The molecule has 0 aliphatic carbocycles. The number of para-hydroxylation sites is 1. The molecule has 1 aliphatic rings. The molecule has 27 heavy (non-hydrogen) atoms. The van der Waals surface area contributed by atoms with Crippen molar-refractivity contribution in [2.75, 3.05) is 12.3 Å². The zero-order chi connectivity index (χ0) is 19.0. The highest BCUT2D eigenvalue weighted by Crippen LogP contribution is 2.30. The molecule has 0 fully saturated rings. The molecule has 0 N–H and O–H groups in total. The van der Waals surface area contributed by atoms with Crippen LogP contribution in [0.15, 0.2) is 64.9 Å². The largest absolute Gasteiger partial charge is 0.276 e. The van der Waals surface area contributed by atoms with Crippen LogP contribution in [-0.4, -0.2) is 45.7 Å². The van der Waals surface area contributed by atoms with Gasteiger partial charge in [-0.15, -0.1) is 10.2 Å². The topological polar surface area (TPSA) is 85.2 Å². The molecule has 0 saturated heterocycles. The predicted molar refractivity (Wildman–Crippen MR) is 101 cm³/mol. The fraction of sp³-hybridized carbons (Fsp3) is 0.167. The second-order valence-corrected chi connectivity index (χ2v) is 8.89. The Kier molecular flexibility index (Phi) is 4.48. The van der Waals surface area contributed by atoms with Crippen molar-refractivity contribution in [2.45, 2.75) is 17.0 Å². The maximum absolute atomic E-state index is 12.6. The first-order valence-corrected chi connectivity index (χ1v) is 10.7. The molecule has 0 unspecified atom stereocenters. The fourth-order valence-electron chi connectivity index (χ4n) is 2.99. The maximum atomic E-state index is 12.6. The van der Waals surface area contributed by atoms with Crippen LogP contribution in [0, 0.1) is 6.92 Å². The molecule has 0 atom stereocenters. The molecule has 1 aromatic heterocycles. The first-order valence-electron chi connectivity index (χ1n) is 8.25. The van der Waals surface area contributed by atoms with Crippen LogP contribution in [0.25, 0.3) is 5.69 Å². The SMILES string of the molecule is Cc1ccccc1-n1cnnc1SCCN1C(=O)c2ccccc2S1(=O)=O. The summed E-state index contributed by atoms with van der Waals surface area (Å²) in [6.45, 7) is 2.07. The Morgan fingerprint density at radius 2 is 1.81 bits per heavy atom. The van der Waals surface area contributed by atoms with Gasteiger partial charge in [0.15, 0.2) is 5.16 Å². The lowest BCUT2D eigenvalue weighted by Gasteiger charge is -2.15. The van der Waals surface area contributed by atoms with E-state index in [0.717, 1.165) is 15.6 Å². The zero-order valence-corrected chi connectivity index (χ0v) is 16.1.